The fourth-order valence-electron chi connectivity index (χ4n) is 4.12. The molecule has 1 aliphatic carbocycles. The van der Waals surface area contributed by atoms with Gasteiger partial charge in [-0.25, -0.2) is 9.78 Å². The smallest absolute Gasteiger partial charge is 0.465 e. The van der Waals surface area contributed by atoms with Gasteiger partial charge in [0.2, 0.25) is 5.95 Å². The highest BCUT2D eigenvalue weighted by Crippen LogP contribution is 2.30. The normalized spacial score (nSPS) is 21.6. The fraction of sp³-hybridized carbons (Fsp3) is 0.478. The van der Waals surface area contributed by atoms with Gasteiger partial charge < -0.3 is 24.7 Å². The third-order valence-corrected chi connectivity index (χ3v) is 6.24. The predicted octanol–water partition coefficient (Wildman–Crippen LogP) is 3.53. The zero-order chi connectivity index (χ0) is 24.3. The third kappa shape index (κ3) is 5.44. The van der Waals surface area contributed by atoms with Gasteiger partial charge in [0.15, 0.2) is 5.82 Å². The Morgan fingerprint density at radius 3 is 2.79 bits per heavy atom. The second-order valence-electron chi connectivity index (χ2n) is 9.34. The van der Waals surface area contributed by atoms with Crippen molar-refractivity contribution in [3.05, 3.63) is 35.0 Å². The molecule has 1 aromatic carbocycles. The molecule has 2 aromatic rings. The van der Waals surface area contributed by atoms with Crippen LogP contribution in [0, 0.1) is 22.7 Å². The summed E-state index contributed by atoms with van der Waals surface area (Å²) in [6.07, 6.45) is 4.22. The number of esters is 1. The summed E-state index contributed by atoms with van der Waals surface area (Å²) in [5, 5.41) is 16.1. The number of carbonyl (C=O) groups excluding carboxylic acids is 1. The number of nitrogens with zero attached hydrogens (tertiary/aromatic N) is 3. The van der Waals surface area contributed by atoms with E-state index in [9.17, 15) is 10.1 Å². The van der Waals surface area contributed by atoms with Crippen molar-refractivity contribution in [3.8, 4) is 6.07 Å². The average Bonchev–Trinajstić information content (AvgIpc) is 3.28. The number of methoxy groups -OCH3 is 1. The highest BCUT2D eigenvalue weighted by molar-refractivity contribution is 6.63. The van der Waals surface area contributed by atoms with Gasteiger partial charge in [-0.1, -0.05) is 31.5 Å². The molecule has 11 heteroatoms. The van der Waals surface area contributed by atoms with Gasteiger partial charge in [-0.05, 0) is 36.9 Å². The zero-order valence-electron chi connectivity index (χ0n) is 19.4. The molecule has 1 saturated heterocycles. The van der Waals surface area contributed by atoms with E-state index in [2.05, 4.69) is 40.5 Å². The zero-order valence-corrected chi connectivity index (χ0v) is 20.2. The first-order valence-corrected chi connectivity index (χ1v) is 11.6. The molecular formula is C23H27BClN5O4. The number of aromatic nitrogens is 2. The molecular weight excluding hydrogens is 457 g/mol. The number of ether oxygens (including phenoxy) is 1. The summed E-state index contributed by atoms with van der Waals surface area (Å²) in [5.74, 6) is 0.183. The molecule has 34 heavy (non-hydrogen) atoms. The van der Waals surface area contributed by atoms with Gasteiger partial charge in [0, 0.05) is 30.4 Å². The first-order valence-electron chi connectivity index (χ1n) is 11.2. The Hall–Kier alpha value is -2.87. The van der Waals surface area contributed by atoms with Crippen LogP contribution in [-0.2, 0) is 14.0 Å². The number of hydrogen-bond donors (Lipinski definition) is 2. The molecule has 0 amide bonds. The van der Waals surface area contributed by atoms with E-state index in [4.69, 9.17) is 25.6 Å². The van der Waals surface area contributed by atoms with Crippen LogP contribution in [0.3, 0.4) is 0 Å². The van der Waals surface area contributed by atoms with Crippen LogP contribution in [0.1, 0.15) is 43.5 Å². The summed E-state index contributed by atoms with van der Waals surface area (Å²) in [7, 11) is 0.675. The number of benzene rings is 1. The lowest BCUT2D eigenvalue weighted by Gasteiger charge is -2.33. The van der Waals surface area contributed by atoms with Gasteiger partial charge in [0.05, 0.1) is 30.9 Å². The highest BCUT2D eigenvalue weighted by atomic mass is 35.5. The average molecular weight is 484 g/mol. The molecule has 0 spiro atoms. The number of carbonyl (C=O) groups is 1. The lowest BCUT2D eigenvalue weighted by atomic mass is 9.73. The molecule has 2 aliphatic rings. The highest BCUT2D eigenvalue weighted by Gasteiger charge is 2.36. The quantitative estimate of drug-likeness (QED) is 0.470. The summed E-state index contributed by atoms with van der Waals surface area (Å²) in [6.45, 7) is 5.14. The fourth-order valence-corrected chi connectivity index (χ4v) is 4.26. The number of nitriles is 1. The van der Waals surface area contributed by atoms with Crippen LogP contribution >= 0.6 is 11.6 Å². The molecule has 0 bridgehead atoms. The van der Waals surface area contributed by atoms with Crippen molar-refractivity contribution >= 4 is 47.6 Å². The minimum Gasteiger partial charge on any atom is -0.465 e. The Morgan fingerprint density at radius 2 is 2.09 bits per heavy atom. The van der Waals surface area contributed by atoms with Gasteiger partial charge in [-0.2, -0.15) is 10.2 Å². The predicted molar refractivity (Wildman–Crippen MR) is 130 cm³/mol. The van der Waals surface area contributed by atoms with E-state index in [1.54, 1.807) is 18.2 Å². The monoisotopic (exact) mass is 483 g/mol. The number of halogens is 1. The number of hydrogen-bond acceptors (Lipinski definition) is 9. The van der Waals surface area contributed by atoms with Crippen LogP contribution in [0.4, 0.5) is 17.5 Å². The lowest BCUT2D eigenvalue weighted by Crippen LogP contribution is -2.49. The second kappa shape index (κ2) is 10.2. The van der Waals surface area contributed by atoms with Crippen LogP contribution < -0.4 is 16.1 Å². The van der Waals surface area contributed by atoms with Crippen molar-refractivity contribution in [3.63, 3.8) is 0 Å². The Labute approximate surface area is 204 Å². The largest absolute Gasteiger partial charge is 0.494 e. The van der Waals surface area contributed by atoms with E-state index >= 15 is 0 Å². The Balaban J connectivity index is 1.55. The Bertz CT molecular complexity index is 1100. The van der Waals surface area contributed by atoms with Gasteiger partial charge in [0.25, 0.3) is 0 Å². The molecule has 2 N–H and O–H groups in total. The number of rotatable bonds is 6. The van der Waals surface area contributed by atoms with E-state index in [0.29, 0.717) is 46.7 Å². The van der Waals surface area contributed by atoms with Crippen LogP contribution in [0.5, 0.6) is 0 Å². The standard InChI is InChI=1S/C23H27BClN5O4/c1-23(2)12-33-24(34-13-23)17-8-7-15(9-16(17)21(31)32-3)28-22-27-11-18(25)20(30-22)29-19-6-4-5-14(19)10-26/h7-9,11,14,19H,4-6,12-13H2,1-3H3,(H2,27,28,29,30)/t14-,19+/m0/s1. The topological polar surface area (TPSA) is 118 Å². The van der Waals surface area contributed by atoms with Crippen LogP contribution in [-0.4, -0.2) is 49.4 Å². The van der Waals surface area contributed by atoms with Crippen molar-refractivity contribution in [2.75, 3.05) is 31.0 Å². The van der Waals surface area contributed by atoms with Gasteiger partial charge in [-0.3, -0.25) is 0 Å². The molecule has 9 nitrogen and oxygen atoms in total. The van der Waals surface area contributed by atoms with Crippen LogP contribution in [0.15, 0.2) is 24.4 Å². The summed E-state index contributed by atoms with van der Waals surface area (Å²) in [5.41, 5.74) is 1.42. The minimum absolute atomic E-state index is 0.00377. The molecule has 4 rings (SSSR count). The summed E-state index contributed by atoms with van der Waals surface area (Å²) in [6, 6.07) is 7.55. The number of nitrogens with one attached hydrogen (secondary N) is 2. The SMILES string of the molecule is COC(=O)c1cc(Nc2ncc(Cl)c(N[C@@H]3CCC[C@H]3C#N)n2)ccc1B1OCC(C)(C)CO1. The maximum Gasteiger partial charge on any atom is 0.494 e. The van der Waals surface area contributed by atoms with E-state index in [0.717, 1.165) is 19.3 Å². The van der Waals surface area contributed by atoms with Gasteiger partial charge >= 0.3 is 13.1 Å². The van der Waals surface area contributed by atoms with Crippen molar-refractivity contribution in [2.24, 2.45) is 11.3 Å². The molecule has 2 fully saturated rings. The molecule has 2 atom stereocenters. The minimum atomic E-state index is -0.654. The van der Waals surface area contributed by atoms with E-state index < -0.39 is 13.1 Å². The van der Waals surface area contributed by atoms with Gasteiger partial charge in [0.1, 0.15) is 5.02 Å². The second-order valence-corrected chi connectivity index (χ2v) is 9.75. The van der Waals surface area contributed by atoms with Crippen molar-refractivity contribution < 1.29 is 18.8 Å². The summed E-state index contributed by atoms with van der Waals surface area (Å²) >= 11 is 6.29. The van der Waals surface area contributed by atoms with Crippen molar-refractivity contribution in [1.82, 2.24) is 9.97 Å². The van der Waals surface area contributed by atoms with Crippen molar-refractivity contribution in [1.29, 1.82) is 5.26 Å². The van der Waals surface area contributed by atoms with E-state index in [1.807, 2.05) is 0 Å². The lowest BCUT2D eigenvalue weighted by molar-refractivity contribution is 0.0340. The van der Waals surface area contributed by atoms with Crippen LogP contribution in [0.25, 0.3) is 0 Å². The maximum absolute atomic E-state index is 12.5. The molecule has 178 valence electrons. The Kier molecular flexibility index (Phi) is 7.26. The van der Waals surface area contributed by atoms with E-state index in [1.165, 1.54) is 13.3 Å². The molecule has 1 aliphatic heterocycles. The molecule has 0 radical (unpaired) electrons. The first-order chi connectivity index (χ1) is 16.3. The molecule has 1 saturated carbocycles. The van der Waals surface area contributed by atoms with Crippen molar-refractivity contribution in [2.45, 2.75) is 39.2 Å². The van der Waals surface area contributed by atoms with E-state index in [-0.39, 0.29) is 17.4 Å². The van der Waals surface area contributed by atoms with Crippen LogP contribution in [0.2, 0.25) is 5.02 Å². The first kappa shape index (κ1) is 24.3. The third-order valence-electron chi connectivity index (χ3n) is 5.97. The molecule has 0 unspecified atom stereocenters. The summed E-state index contributed by atoms with van der Waals surface area (Å²) < 4.78 is 16.7. The number of anilines is 3. The maximum atomic E-state index is 12.5. The summed E-state index contributed by atoms with van der Waals surface area (Å²) in [4.78, 5) is 21.2. The molecule has 2 heterocycles. The van der Waals surface area contributed by atoms with Gasteiger partial charge in [-0.15, -0.1) is 0 Å². The molecule has 1 aromatic heterocycles. The Morgan fingerprint density at radius 1 is 1.32 bits per heavy atom.